The fraction of sp³-hybridized carbons (Fsp3) is 0.417. The highest BCUT2D eigenvalue weighted by molar-refractivity contribution is 9.10. The van der Waals surface area contributed by atoms with Crippen LogP contribution in [0.4, 0.5) is 4.39 Å². The highest BCUT2D eigenvalue weighted by Gasteiger charge is 2.23. The number of rotatable bonds is 3. The van der Waals surface area contributed by atoms with Crippen molar-refractivity contribution in [2.24, 2.45) is 0 Å². The third-order valence-electron chi connectivity index (χ3n) is 2.68. The number of amides is 1. The molecule has 1 fully saturated rings. The summed E-state index contributed by atoms with van der Waals surface area (Å²) < 4.78 is 19.4. The molecule has 0 radical (unpaired) electrons. The van der Waals surface area contributed by atoms with Crippen molar-refractivity contribution in [3.05, 3.63) is 34.1 Å². The molecule has 1 saturated heterocycles. The highest BCUT2D eigenvalue weighted by Crippen LogP contribution is 2.16. The highest BCUT2D eigenvalue weighted by atomic mass is 79.9. The fourth-order valence-electron chi connectivity index (χ4n) is 1.76. The maximum atomic E-state index is 13.4. The molecular formula is C12H13BrFNO2. The first-order chi connectivity index (χ1) is 8.16. The Labute approximate surface area is 107 Å². The van der Waals surface area contributed by atoms with E-state index < -0.39 is 0 Å². The zero-order valence-electron chi connectivity index (χ0n) is 9.21. The third kappa shape index (κ3) is 3.26. The van der Waals surface area contributed by atoms with Gasteiger partial charge < -0.3 is 10.1 Å². The standard InChI is InChI=1S/C12H13BrFNO2/c13-9-3-4-10(14)8(6-9)7-15-12(16)11-2-1-5-17-11/h3-4,6,11H,1-2,5,7H2,(H,15,16). The van der Waals surface area contributed by atoms with Crippen molar-refractivity contribution < 1.29 is 13.9 Å². The van der Waals surface area contributed by atoms with Gasteiger partial charge in [-0.05, 0) is 31.0 Å². The van der Waals surface area contributed by atoms with Crippen molar-refractivity contribution in [3.63, 3.8) is 0 Å². The van der Waals surface area contributed by atoms with Crippen molar-refractivity contribution >= 4 is 21.8 Å². The van der Waals surface area contributed by atoms with Gasteiger partial charge in [-0.3, -0.25) is 4.79 Å². The summed E-state index contributed by atoms with van der Waals surface area (Å²) >= 11 is 3.27. The van der Waals surface area contributed by atoms with Crippen LogP contribution in [-0.2, 0) is 16.1 Å². The molecular weight excluding hydrogens is 289 g/mol. The van der Waals surface area contributed by atoms with E-state index in [1.807, 2.05) is 0 Å². The zero-order valence-corrected chi connectivity index (χ0v) is 10.8. The minimum Gasteiger partial charge on any atom is -0.368 e. The minimum absolute atomic E-state index is 0.165. The normalized spacial score (nSPS) is 19.3. The largest absolute Gasteiger partial charge is 0.368 e. The molecule has 0 bridgehead atoms. The number of halogens is 2. The first-order valence-electron chi connectivity index (χ1n) is 5.50. The number of benzene rings is 1. The number of hydrogen-bond acceptors (Lipinski definition) is 2. The number of carbonyl (C=O) groups is 1. The van der Waals surface area contributed by atoms with Crippen LogP contribution < -0.4 is 5.32 Å². The monoisotopic (exact) mass is 301 g/mol. The summed E-state index contributed by atoms with van der Waals surface area (Å²) in [5.74, 6) is -0.484. The van der Waals surface area contributed by atoms with Crippen LogP contribution >= 0.6 is 15.9 Å². The van der Waals surface area contributed by atoms with Crippen molar-refractivity contribution in [1.82, 2.24) is 5.32 Å². The Morgan fingerprint density at radius 1 is 1.59 bits per heavy atom. The molecule has 17 heavy (non-hydrogen) atoms. The molecule has 0 aliphatic carbocycles. The molecule has 0 spiro atoms. The second kappa shape index (κ2) is 5.60. The molecule has 1 unspecified atom stereocenters. The molecule has 1 heterocycles. The maximum absolute atomic E-state index is 13.4. The number of hydrogen-bond donors (Lipinski definition) is 1. The summed E-state index contributed by atoms with van der Waals surface area (Å²) in [4.78, 5) is 11.6. The Morgan fingerprint density at radius 3 is 3.12 bits per heavy atom. The minimum atomic E-state index is -0.370. The Kier molecular flexibility index (Phi) is 4.12. The lowest BCUT2D eigenvalue weighted by molar-refractivity contribution is -0.130. The van der Waals surface area contributed by atoms with Crippen LogP contribution in [0.1, 0.15) is 18.4 Å². The van der Waals surface area contributed by atoms with E-state index in [4.69, 9.17) is 4.74 Å². The molecule has 0 aromatic heterocycles. The van der Waals surface area contributed by atoms with Gasteiger partial charge in [0.1, 0.15) is 11.9 Å². The number of ether oxygens (including phenoxy) is 1. The molecule has 92 valence electrons. The summed E-state index contributed by atoms with van der Waals surface area (Å²) in [5.41, 5.74) is 0.464. The average Bonchev–Trinajstić information content (AvgIpc) is 2.83. The molecule has 1 aromatic rings. The van der Waals surface area contributed by atoms with Gasteiger partial charge in [0.2, 0.25) is 5.91 Å². The van der Waals surface area contributed by atoms with Crippen molar-refractivity contribution in [1.29, 1.82) is 0 Å². The first-order valence-corrected chi connectivity index (χ1v) is 6.29. The SMILES string of the molecule is O=C(NCc1cc(Br)ccc1F)C1CCCO1. The lowest BCUT2D eigenvalue weighted by Gasteiger charge is -2.11. The van der Waals surface area contributed by atoms with Crippen LogP contribution in [0.2, 0.25) is 0 Å². The average molecular weight is 302 g/mol. The third-order valence-corrected chi connectivity index (χ3v) is 3.18. The molecule has 3 nitrogen and oxygen atoms in total. The molecule has 2 rings (SSSR count). The van der Waals surface area contributed by atoms with Crippen LogP contribution in [0.5, 0.6) is 0 Å². The second-order valence-corrected chi connectivity index (χ2v) is 4.87. The van der Waals surface area contributed by atoms with Crippen LogP contribution in [0.15, 0.2) is 22.7 Å². The molecule has 1 atom stereocenters. The quantitative estimate of drug-likeness (QED) is 0.931. The summed E-state index contributed by atoms with van der Waals surface area (Å²) in [7, 11) is 0. The van der Waals surface area contributed by atoms with Gasteiger partial charge in [0.15, 0.2) is 0 Å². The van der Waals surface area contributed by atoms with E-state index in [9.17, 15) is 9.18 Å². The van der Waals surface area contributed by atoms with Crippen LogP contribution in [-0.4, -0.2) is 18.6 Å². The van der Waals surface area contributed by atoms with Gasteiger partial charge in [-0.1, -0.05) is 15.9 Å². The molecule has 1 aliphatic heterocycles. The molecule has 1 N–H and O–H groups in total. The maximum Gasteiger partial charge on any atom is 0.249 e. The van der Waals surface area contributed by atoms with Gasteiger partial charge >= 0.3 is 0 Å². The van der Waals surface area contributed by atoms with Gasteiger partial charge in [-0.15, -0.1) is 0 Å². The summed E-state index contributed by atoms with van der Waals surface area (Å²) in [6, 6.07) is 4.66. The van der Waals surface area contributed by atoms with Gasteiger partial charge in [0.05, 0.1) is 0 Å². The second-order valence-electron chi connectivity index (χ2n) is 3.96. The van der Waals surface area contributed by atoms with Gasteiger partial charge in [-0.25, -0.2) is 4.39 Å². The van der Waals surface area contributed by atoms with E-state index >= 15 is 0 Å². The summed E-state index contributed by atoms with van der Waals surface area (Å²) in [6.07, 6.45) is 1.28. The van der Waals surface area contributed by atoms with E-state index in [-0.39, 0.29) is 24.4 Å². The fourth-order valence-corrected chi connectivity index (χ4v) is 2.17. The van der Waals surface area contributed by atoms with E-state index in [1.54, 1.807) is 12.1 Å². The first kappa shape index (κ1) is 12.5. The van der Waals surface area contributed by atoms with E-state index in [2.05, 4.69) is 21.2 Å². The smallest absolute Gasteiger partial charge is 0.249 e. The topological polar surface area (TPSA) is 38.3 Å². The molecule has 1 aliphatic rings. The zero-order chi connectivity index (χ0) is 12.3. The van der Waals surface area contributed by atoms with Crippen LogP contribution in [0, 0.1) is 5.82 Å². The van der Waals surface area contributed by atoms with Gasteiger partial charge in [0, 0.05) is 23.2 Å². The van der Waals surface area contributed by atoms with Gasteiger partial charge in [0.25, 0.3) is 0 Å². The Morgan fingerprint density at radius 2 is 2.41 bits per heavy atom. The van der Waals surface area contributed by atoms with Crippen LogP contribution in [0.25, 0.3) is 0 Å². The van der Waals surface area contributed by atoms with Gasteiger partial charge in [-0.2, -0.15) is 0 Å². The predicted octanol–water partition coefficient (Wildman–Crippen LogP) is 2.38. The Hall–Kier alpha value is -0.940. The van der Waals surface area contributed by atoms with E-state index in [0.29, 0.717) is 12.2 Å². The van der Waals surface area contributed by atoms with Crippen molar-refractivity contribution in [3.8, 4) is 0 Å². The molecule has 1 aromatic carbocycles. The molecule has 1 amide bonds. The number of carbonyl (C=O) groups excluding carboxylic acids is 1. The predicted molar refractivity (Wildman–Crippen MR) is 64.9 cm³/mol. The van der Waals surface area contributed by atoms with Crippen molar-refractivity contribution in [2.75, 3.05) is 6.61 Å². The van der Waals surface area contributed by atoms with Crippen molar-refractivity contribution in [2.45, 2.75) is 25.5 Å². The Balaban J connectivity index is 1.92. The lowest BCUT2D eigenvalue weighted by atomic mass is 10.2. The molecule has 0 saturated carbocycles. The van der Waals surface area contributed by atoms with Crippen LogP contribution in [0.3, 0.4) is 0 Å². The summed E-state index contributed by atoms with van der Waals surface area (Å²) in [5, 5.41) is 2.68. The molecule has 5 heteroatoms. The summed E-state index contributed by atoms with van der Waals surface area (Å²) in [6.45, 7) is 0.813. The lowest BCUT2D eigenvalue weighted by Crippen LogP contribution is -2.33. The van der Waals surface area contributed by atoms with E-state index in [1.165, 1.54) is 6.07 Å². The Bertz CT molecular complexity index is 419. The number of nitrogens with one attached hydrogen (secondary N) is 1. The van der Waals surface area contributed by atoms with E-state index in [0.717, 1.165) is 17.3 Å².